The molecular formula is C23H29NO6. The van der Waals surface area contributed by atoms with Gasteiger partial charge in [-0.05, 0) is 50.1 Å². The Morgan fingerprint density at radius 2 is 1.87 bits per heavy atom. The predicted molar refractivity (Wildman–Crippen MR) is 111 cm³/mol. The third-order valence-corrected chi connectivity index (χ3v) is 5.17. The van der Waals surface area contributed by atoms with E-state index in [0.717, 1.165) is 5.56 Å². The average Bonchev–Trinajstić information content (AvgIpc) is 2.76. The van der Waals surface area contributed by atoms with Crippen LogP contribution in [0.25, 0.3) is 0 Å². The standard InChI is InChI=1S/C23H29NO6/c1-5-23(21(25)26,22(27)30-7-3)20(29-6-2)19(18-13-8-9-14-24-18)16-11-10-12-17(15-16)28-4/h8-15,19-20H,5-7H2,1-4H3,(H,25,26). The monoisotopic (exact) mass is 415 g/mol. The van der Waals surface area contributed by atoms with Gasteiger partial charge in [-0.1, -0.05) is 25.1 Å². The van der Waals surface area contributed by atoms with Crippen molar-refractivity contribution in [1.29, 1.82) is 0 Å². The molecule has 2 rings (SSSR count). The molecule has 0 aliphatic rings. The van der Waals surface area contributed by atoms with Gasteiger partial charge in [0.15, 0.2) is 5.41 Å². The maximum Gasteiger partial charge on any atom is 0.326 e. The normalized spacial score (nSPS) is 14.9. The Balaban J connectivity index is 2.77. The molecule has 162 valence electrons. The van der Waals surface area contributed by atoms with E-state index in [4.69, 9.17) is 14.2 Å². The van der Waals surface area contributed by atoms with Crippen LogP contribution in [0.2, 0.25) is 0 Å². The van der Waals surface area contributed by atoms with Crippen LogP contribution < -0.4 is 4.74 Å². The molecule has 3 atom stereocenters. The summed E-state index contributed by atoms with van der Waals surface area (Å²) >= 11 is 0. The zero-order valence-electron chi connectivity index (χ0n) is 17.8. The Kier molecular flexibility index (Phi) is 8.35. The summed E-state index contributed by atoms with van der Waals surface area (Å²) < 4.78 is 16.6. The first-order valence-corrected chi connectivity index (χ1v) is 10.0. The molecular weight excluding hydrogens is 386 g/mol. The molecule has 2 aromatic rings. The summed E-state index contributed by atoms with van der Waals surface area (Å²) in [7, 11) is 1.56. The predicted octanol–water partition coefficient (Wildman–Crippen LogP) is 3.67. The van der Waals surface area contributed by atoms with Crippen LogP contribution >= 0.6 is 0 Å². The lowest BCUT2D eigenvalue weighted by Gasteiger charge is -2.38. The number of esters is 1. The number of carbonyl (C=O) groups is 2. The van der Waals surface area contributed by atoms with E-state index in [2.05, 4.69) is 4.98 Å². The van der Waals surface area contributed by atoms with Crippen molar-refractivity contribution in [2.24, 2.45) is 5.41 Å². The van der Waals surface area contributed by atoms with Crippen molar-refractivity contribution in [2.45, 2.75) is 39.2 Å². The molecule has 0 amide bonds. The zero-order valence-corrected chi connectivity index (χ0v) is 17.8. The second-order valence-electron chi connectivity index (χ2n) is 6.74. The number of carboxylic acid groups (broad SMARTS) is 1. The molecule has 1 aromatic heterocycles. The van der Waals surface area contributed by atoms with Crippen LogP contribution in [0.4, 0.5) is 0 Å². The van der Waals surface area contributed by atoms with Crippen molar-refractivity contribution < 1.29 is 28.9 Å². The maximum atomic E-state index is 13.0. The lowest BCUT2D eigenvalue weighted by atomic mass is 9.71. The van der Waals surface area contributed by atoms with E-state index < -0.39 is 29.4 Å². The van der Waals surface area contributed by atoms with Gasteiger partial charge in [0.05, 0.1) is 31.4 Å². The Bertz CT molecular complexity index is 841. The Labute approximate surface area is 177 Å². The molecule has 0 radical (unpaired) electrons. The smallest absolute Gasteiger partial charge is 0.326 e. The van der Waals surface area contributed by atoms with E-state index >= 15 is 0 Å². The van der Waals surface area contributed by atoms with Crippen molar-refractivity contribution >= 4 is 11.9 Å². The first-order valence-electron chi connectivity index (χ1n) is 10.0. The fourth-order valence-corrected chi connectivity index (χ4v) is 3.68. The Morgan fingerprint density at radius 3 is 2.40 bits per heavy atom. The van der Waals surface area contributed by atoms with Gasteiger partial charge >= 0.3 is 11.9 Å². The molecule has 1 aromatic carbocycles. The summed E-state index contributed by atoms with van der Waals surface area (Å²) in [5, 5.41) is 10.2. The fraction of sp³-hybridized carbons (Fsp3) is 0.435. The first-order chi connectivity index (χ1) is 14.5. The number of nitrogens with zero attached hydrogens (tertiary/aromatic N) is 1. The molecule has 0 bridgehead atoms. The Morgan fingerprint density at radius 1 is 1.10 bits per heavy atom. The number of aromatic nitrogens is 1. The van der Waals surface area contributed by atoms with Crippen LogP contribution in [0, 0.1) is 5.41 Å². The number of ether oxygens (including phenoxy) is 3. The number of hydrogen-bond acceptors (Lipinski definition) is 6. The molecule has 0 spiro atoms. The molecule has 7 heteroatoms. The molecule has 0 saturated heterocycles. The summed E-state index contributed by atoms with van der Waals surface area (Å²) in [6.45, 7) is 5.35. The largest absolute Gasteiger partial charge is 0.497 e. The summed E-state index contributed by atoms with van der Waals surface area (Å²) in [6.07, 6.45) is 0.578. The van der Waals surface area contributed by atoms with Gasteiger partial charge in [-0.2, -0.15) is 0 Å². The summed E-state index contributed by atoms with van der Waals surface area (Å²) in [5.41, 5.74) is -0.584. The molecule has 1 heterocycles. The highest BCUT2D eigenvalue weighted by Crippen LogP contribution is 2.42. The van der Waals surface area contributed by atoms with Crippen LogP contribution in [0.3, 0.4) is 0 Å². The summed E-state index contributed by atoms with van der Waals surface area (Å²) in [4.78, 5) is 30.0. The van der Waals surface area contributed by atoms with Gasteiger partial charge in [-0.25, -0.2) is 0 Å². The van der Waals surface area contributed by atoms with Crippen molar-refractivity contribution in [3.8, 4) is 5.75 Å². The number of benzene rings is 1. The number of aliphatic carboxylic acids is 1. The van der Waals surface area contributed by atoms with Gasteiger partial charge in [-0.15, -0.1) is 0 Å². The number of carbonyl (C=O) groups excluding carboxylic acids is 1. The van der Waals surface area contributed by atoms with E-state index in [1.165, 1.54) is 0 Å². The van der Waals surface area contributed by atoms with Gasteiger partial charge in [0.2, 0.25) is 0 Å². The molecule has 0 fully saturated rings. The number of methoxy groups -OCH3 is 1. The van der Waals surface area contributed by atoms with Gasteiger partial charge in [0.1, 0.15) is 5.75 Å². The minimum atomic E-state index is -1.91. The first kappa shape index (κ1) is 23.3. The number of rotatable bonds is 11. The lowest BCUT2D eigenvalue weighted by molar-refractivity contribution is -0.182. The lowest BCUT2D eigenvalue weighted by Crippen LogP contribution is -2.53. The van der Waals surface area contributed by atoms with Gasteiger partial charge in [0, 0.05) is 12.8 Å². The van der Waals surface area contributed by atoms with E-state index in [1.54, 1.807) is 58.3 Å². The Hall–Kier alpha value is -2.93. The second kappa shape index (κ2) is 10.7. The van der Waals surface area contributed by atoms with Gasteiger partial charge in [0.25, 0.3) is 0 Å². The molecule has 0 aliphatic carbocycles. The van der Waals surface area contributed by atoms with Crippen LogP contribution in [-0.2, 0) is 19.1 Å². The fourth-order valence-electron chi connectivity index (χ4n) is 3.68. The molecule has 7 nitrogen and oxygen atoms in total. The average molecular weight is 415 g/mol. The highest BCUT2D eigenvalue weighted by Gasteiger charge is 2.57. The van der Waals surface area contributed by atoms with Gasteiger partial charge < -0.3 is 19.3 Å². The highest BCUT2D eigenvalue weighted by atomic mass is 16.5. The molecule has 3 unspecified atom stereocenters. The van der Waals surface area contributed by atoms with Crippen LogP contribution in [-0.4, -0.2) is 48.5 Å². The summed E-state index contributed by atoms with van der Waals surface area (Å²) in [6, 6.07) is 12.6. The topological polar surface area (TPSA) is 95.0 Å². The van der Waals surface area contributed by atoms with E-state index in [0.29, 0.717) is 11.4 Å². The summed E-state index contributed by atoms with van der Waals surface area (Å²) in [5.74, 6) is -2.13. The van der Waals surface area contributed by atoms with Crippen molar-refractivity contribution in [1.82, 2.24) is 4.98 Å². The second-order valence-corrected chi connectivity index (χ2v) is 6.74. The number of pyridine rings is 1. The number of hydrogen-bond donors (Lipinski definition) is 1. The van der Waals surface area contributed by atoms with E-state index in [9.17, 15) is 14.7 Å². The quantitative estimate of drug-likeness (QED) is 0.442. The molecule has 30 heavy (non-hydrogen) atoms. The van der Waals surface area contributed by atoms with E-state index in [-0.39, 0.29) is 19.6 Å². The highest BCUT2D eigenvalue weighted by molar-refractivity contribution is 6.00. The molecule has 0 saturated carbocycles. The van der Waals surface area contributed by atoms with Crippen LogP contribution in [0.15, 0.2) is 48.7 Å². The third-order valence-electron chi connectivity index (χ3n) is 5.17. The number of carboxylic acids is 1. The van der Waals surface area contributed by atoms with Gasteiger partial charge in [-0.3, -0.25) is 14.6 Å². The molecule has 0 aliphatic heterocycles. The minimum absolute atomic E-state index is 0.000858. The van der Waals surface area contributed by atoms with Crippen LogP contribution in [0.1, 0.15) is 44.4 Å². The SMILES string of the molecule is CCOC(=O)C(CC)(C(=O)O)C(OCC)C(c1cccc(OC)c1)c1ccccn1. The van der Waals surface area contributed by atoms with Crippen molar-refractivity contribution in [3.05, 3.63) is 59.9 Å². The molecule has 1 N–H and O–H groups in total. The van der Waals surface area contributed by atoms with Crippen molar-refractivity contribution in [3.63, 3.8) is 0 Å². The van der Waals surface area contributed by atoms with Crippen LogP contribution in [0.5, 0.6) is 5.75 Å². The third kappa shape index (κ3) is 4.62. The van der Waals surface area contributed by atoms with E-state index in [1.807, 2.05) is 18.2 Å². The maximum absolute atomic E-state index is 13.0. The van der Waals surface area contributed by atoms with Crippen molar-refractivity contribution in [2.75, 3.05) is 20.3 Å². The minimum Gasteiger partial charge on any atom is -0.497 e. The zero-order chi connectivity index (χ0) is 22.1.